The van der Waals surface area contributed by atoms with E-state index in [9.17, 15) is 22.8 Å². The van der Waals surface area contributed by atoms with Crippen LogP contribution in [0.5, 0.6) is 0 Å². The summed E-state index contributed by atoms with van der Waals surface area (Å²) in [5.41, 5.74) is 0.592. The fourth-order valence-electron chi connectivity index (χ4n) is 3.53. The Morgan fingerprint density at radius 1 is 1.03 bits per heavy atom. The van der Waals surface area contributed by atoms with E-state index in [1.807, 2.05) is 0 Å². The van der Waals surface area contributed by atoms with Gasteiger partial charge in [-0.2, -0.15) is 13.2 Å². The Bertz CT molecular complexity index is 975. The summed E-state index contributed by atoms with van der Waals surface area (Å²) in [7, 11) is 0. The Balaban J connectivity index is 1.92. The van der Waals surface area contributed by atoms with Gasteiger partial charge in [-0.15, -0.1) is 0 Å². The van der Waals surface area contributed by atoms with Crippen LogP contribution in [0.1, 0.15) is 23.6 Å². The highest BCUT2D eigenvalue weighted by Gasteiger charge is 2.35. The van der Waals surface area contributed by atoms with Gasteiger partial charge in [-0.25, -0.2) is 0 Å². The summed E-state index contributed by atoms with van der Waals surface area (Å²) in [6.07, 6.45) is -1.86. The Kier molecular flexibility index (Phi) is 6.29. The minimum atomic E-state index is -4.57. The van der Waals surface area contributed by atoms with Crippen molar-refractivity contribution in [3.05, 3.63) is 65.2 Å². The number of nitrogens with zero attached hydrogens (tertiary/aromatic N) is 2. The van der Waals surface area contributed by atoms with Gasteiger partial charge in [0.2, 0.25) is 11.8 Å². The average molecular weight is 415 g/mol. The highest BCUT2D eigenvalue weighted by molar-refractivity contribution is 5.94. The molecule has 1 radical (unpaired) electrons. The van der Waals surface area contributed by atoms with Crippen LogP contribution in [0.4, 0.5) is 13.2 Å². The van der Waals surface area contributed by atoms with Crippen LogP contribution in [0.3, 0.4) is 0 Å². The Morgan fingerprint density at radius 3 is 2.27 bits per heavy atom. The molecule has 1 aliphatic rings. The molecule has 1 fully saturated rings. The maximum absolute atomic E-state index is 13.7. The van der Waals surface area contributed by atoms with Crippen LogP contribution >= 0.6 is 0 Å². The summed E-state index contributed by atoms with van der Waals surface area (Å²) in [4.78, 5) is 27.2. The van der Waals surface area contributed by atoms with Crippen LogP contribution in [-0.4, -0.2) is 47.8 Å². The van der Waals surface area contributed by atoms with Crippen LogP contribution in [0.15, 0.2) is 42.5 Å². The largest absolute Gasteiger partial charge is 0.417 e. The third kappa shape index (κ3) is 4.72. The molecule has 0 aromatic heterocycles. The van der Waals surface area contributed by atoms with Gasteiger partial charge in [-0.05, 0) is 35.8 Å². The lowest BCUT2D eigenvalue weighted by Crippen LogP contribution is -2.49. The van der Waals surface area contributed by atoms with Gasteiger partial charge < -0.3 is 9.80 Å². The topological polar surface area (TPSA) is 40.6 Å². The second kappa shape index (κ2) is 8.73. The van der Waals surface area contributed by atoms with Gasteiger partial charge in [0.1, 0.15) is 0 Å². The third-order valence-electron chi connectivity index (χ3n) is 5.17. The fraction of sp³-hybridized carbons (Fsp3) is 0.304. The molecule has 30 heavy (non-hydrogen) atoms. The number of halogens is 3. The van der Waals surface area contributed by atoms with E-state index in [0.29, 0.717) is 42.9 Å². The number of benzene rings is 2. The summed E-state index contributed by atoms with van der Waals surface area (Å²) in [5.74, 6) is -0.337. The number of aryl methyl sites for hydroxylation is 1. The van der Waals surface area contributed by atoms with Crippen molar-refractivity contribution in [3.8, 4) is 11.1 Å². The standard InChI is InChI=1S/C23H22F3N2O2/c1-16-6-3-4-8-19(16)22-18(7-5-9-20(22)23(24,25)26)10-11-21(30)28-14-12-27(13-15-28)17(2)29/h3-8,10-11H,12-15H2,1-2H3/b11-10+. The van der Waals surface area contributed by atoms with Crippen molar-refractivity contribution in [1.82, 2.24) is 9.80 Å². The zero-order valence-electron chi connectivity index (χ0n) is 16.8. The SMILES string of the molecule is CC(=O)N1CCN(C(=O)/C=C/c2cc[c]c(C(F)(F)F)c2-c2ccccc2C)CC1. The van der Waals surface area contributed by atoms with E-state index in [4.69, 9.17) is 0 Å². The highest BCUT2D eigenvalue weighted by Crippen LogP contribution is 2.40. The molecule has 0 spiro atoms. The molecule has 0 saturated carbocycles. The van der Waals surface area contributed by atoms with Gasteiger partial charge in [0.25, 0.3) is 0 Å². The van der Waals surface area contributed by atoms with Crippen LogP contribution < -0.4 is 0 Å². The van der Waals surface area contributed by atoms with E-state index >= 15 is 0 Å². The van der Waals surface area contributed by atoms with Crippen molar-refractivity contribution >= 4 is 17.9 Å². The number of alkyl halides is 3. The fourth-order valence-corrected chi connectivity index (χ4v) is 3.53. The lowest BCUT2D eigenvalue weighted by atomic mass is 9.91. The van der Waals surface area contributed by atoms with Crippen LogP contribution in [0, 0.1) is 13.0 Å². The van der Waals surface area contributed by atoms with Crippen LogP contribution in [0.2, 0.25) is 0 Å². The van der Waals surface area contributed by atoms with Gasteiger partial charge in [-0.3, -0.25) is 9.59 Å². The number of piperazine rings is 1. The molecular weight excluding hydrogens is 393 g/mol. The first-order valence-corrected chi connectivity index (χ1v) is 9.59. The van der Waals surface area contributed by atoms with Crippen molar-refractivity contribution in [2.75, 3.05) is 26.2 Å². The molecule has 0 bridgehead atoms. The maximum atomic E-state index is 13.7. The first-order chi connectivity index (χ1) is 14.2. The van der Waals surface area contributed by atoms with Crippen LogP contribution in [-0.2, 0) is 15.8 Å². The molecule has 3 rings (SSSR count). The predicted octanol–water partition coefficient (Wildman–Crippen LogP) is 4.18. The molecule has 0 aliphatic carbocycles. The number of amides is 2. The zero-order valence-corrected chi connectivity index (χ0v) is 16.8. The Hall–Kier alpha value is -3.09. The van der Waals surface area contributed by atoms with Crippen molar-refractivity contribution in [2.24, 2.45) is 0 Å². The van der Waals surface area contributed by atoms with Crippen molar-refractivity contribution < 1.29 is 22.8 Å². The molecule has 157 valence electrons. The quantitative estimate of drug-likeness (QED) is 0.706. The normalized spacial score (nSPS) is 15.0. The van der Waals surface area contributed by atoms with E-state index in [-0.39, 0.29) is 17.4 Å². The number of hydrogen-bond donors (Lipinski definition) is 0. The lowest BCUT2D eigenvalue weighted by molar-refractivity contribution is -0.137. The molecule has 2 aromatic carbocycles. The predicted molar refractivity (Wildman–Crippen MR) is 108 cm³/mol. The lowest BCUT2D eigenvalue weighted by Gasteiger charge is -2.33. The minimum absolute atomic E-state index is 0.00792. The molecule has 1 aliphatic heterocycles. The molecule has 7 heteroatoms. The smallest absolute Gasteiger partial charge is 0.339 e. The van der Waals surface area contributed by atoms with E-state index in [2.05, 4.69) is 6.07 Å². The minimum Gasteiger partial charge on any atom is -0.339 e. The molecule has 1 saturated heterocycles. The van der Waals surface area contributed by atoms with Gasteiger partial charge in [-0.1, -0.05) is 36.4 Å². The summed E-state index contributed by atoms with van der Waals surface area (Å²) < 4.78 is 41.0. The van der Waals surface area contributed by atoms with Crippen molar-refractivity contribution in [2.45, 2.75) is 20.0 Å². The van der Waals surface area contributed by atoms with E-state index in [1.54, 1.807) is 41.0 Å². The second-order valence-electron chi connectivity index (χ2n) is 7.16. The molecule has 0 N–H and O–H groups in total. The van der Waals surface area contributed by atoms with E-state index < -0.39 is 11.7 Å². The summed E-state index contributed by atoms with van der Waals surface area (Å²) in [5, 5.41) is 0. The number of carbonyl (C=O) groups is 2. The zero-order chi connectivity index (χ0) is 21.9. The summed E-state index contributed by atoms with van der Waals surface area (Å²) in [6.45, 7) is 4.90. The van der Waals surface area contributed by atoms with Crippen LogP contribution in [0.25, 0.3) is 17.2 Å². The third-order valence-corrected chi connectivity index (χ3v) is 5.17. The summed E-state index contributed by atoms with van der Waals surface area (Å²) >= 11 is 0. The number of rotatable bonds is 3. The van der Waals surface area contributed by atoms with Crippen molar-refractivity contribution in [1.29, 1.82) is 0 Å². The number of hydrogen-bond acceptors (Lipinski definition) is 2. The highest BCUT2D eigenvalue weighted by atomic mass is 19.4. The summed E-state index contributed by atoms with van der Waals surface area (Å²) in [6, 6.07) is 11.9. The molecule has 0 atom stereocenters. The molecular formula is C23H22F3N2O2. The molecule has 4 nitrogen and oxygen atoms in total. The van der Waals surface area contributed by atoms with Gasteiger partial charge in [0, 0.05) is 44.7 Å². The number of carbonyl (C=O) groups excluding carboxylic acids is 2. The molecule has 1 heterocycles. The van der Waals surface area contributed by atoms with E-state index in [0.717, 1.165) is 0 Å². The van der Waals surface area contributed by atoms with Gasteiger partial charge >= 0.3 is 6.18 Å². The van der Waals surface area contributed by atoms with Crippen molar-refractivity contribution in [3.63, 3.8) is 0 Å². The molecule has 0 unspecified atom stereocenters. The average Bonchev–Trinajstić information content (AvgIpc) is 2.71. The first-order valence-electron chi connectivity index (χ1n) is 9.59. The van der Waals surface area contributed by atoms with Gasteiger partial charge in [0.05, 0.1) is 5.56 Å². The monoisotopic (exact) mass is 415 g/mol. The molecule has 2 aromatic rings. The Labute approximate surface area is 173 Å². The molecule has 2 amide bonds. The van der Waals surface area contributed by atoms with Gasteiger partial charge in [0.15, 0.2) is 0 Å². The maximum Gasteiger partial charge on any atom is 0.417 e. The van der Waals surface area contributed by atoms with E-state index in [1.165, 1.54) is 31.2 Å². The first kappa shape index (κ1) is 21.6. The second-order valence-corrected chi connectivity index (χ2v) is 7.16. The Morgan fingerprint density at radius 2 is 1.67 bits per heavy atom.